The molecule has 2 amide bonds. The summed E-state index contributed by atoms with van der Waals surface area (Å²) in [5, 5.41) is 3.00. The molecule has 0 spiro atoms. The molecule has 0 bridgehead atoms. The molecule has 2 N–H and O–H groups in total. The largest absolute Gasteiger partial charge is 0.497 e. The maximum atomic E-state index is 13.7. The highest BCUT2D eigenvalue weighted by atomic mass is 16.5. The summed E-state index contributed by atoms with van der Waals surface area (Å²) in [5.74, 6) is 6.76. The van der Waals surface area contributed by atoms with Gasteiger partial charge in [0, 0.05) is 44.0 Å². The predicted molar refractivity (Wildman–Crippen MR) is 143 cm³/mol. The summed E-state index contributed by atoms with van der Waals surface area (Å²) < 4.78 is 5.26. The van der Waals surface area contributed by atoms with Crippen LogP contribution in [0.2, 0.25) is 0 Å². The third-order valence-electron chi connectivity index (χ3n) is 7.01. The van der Waals surface area contributed by atoms with Crippen LogP contribution in [0.4, 0.5) is 0 Å². The van der Waals surface area contributed by atoms with E-state index in [1.54, 1.807) is 19.6 Å². The van der Waals surface area contributed by atoms with Gasteiger partial charge in [-0.2, -0.15) is 0 Å². The highest BCUT2D eigenvalue weighted by Gasteiger charge is 2.47. The fourth-order valence-electron chi connectivity index (χ4n) is 5.00. The third-order valence-corrected chi connectivity index (χ3v) is 7.01. The minimum atomic E-state index is -0.660. The molecule has 0 radical (unpaired) electrons. The number of nitrogens with one attached hydrogen (secondary N) is 2. The highest BCUT2D eigenvalue weighted by molar-refractivity contribution is 5.89. The summed E-state index contributed by atoms with van der Waals surface area (Å²) in [5.41, 5.74) is 4.01. The van der Waals surface area contributed by atoms with E-state index in [1.165, 1.54) is 11.1 Å². The van der Waals surface area contributed by atoms with Crippen molar-refractivity contribution in [3.8, 4) is 17.6 Å². The lowest BCUT2D eigenvalue weighted by Gasteiger charge is -2.51. The second kappa shape index (κ2) is 11.8. The fraction of sp³-hybridized carbons (Fsp3) is 0.367. The zero-order valence-electron chi connectivity index (χ0n) is 21.7. The maximum absolute atomic E-state index is 13.7. The molecule has 7 heteroatoms. The van der Waals surface area contributed by atoms with Crippen molar-refractivity contribution in [2.24, 2.45) is 0 Å². The van der Waals surface area contributed by atoms with Gasteiger partial charge >= 0.3 is 0 Å². The van der Waals surface area contributed by atoms with Gasteiger partial charge in [-0.3, -0.25) is 9.59 Å². The van der Waals surface area contributed by atoms with E-state index in [9.17, 15) is 9.59 Å². The molecule has 1 aliphatic heterocycles. The van der Waals surface area contributed by atoms with E-state index in [-0.39, 0.29) is 23.7 Å². The molecule has 1 aliphatic rings. The smallest absolute Gasteiger partial charge is 0.245 e. The van der Waals surface area contributed by atoms with Gasteiger partial charge in [0.2, 0.25) is 11.8 Å². The molecule has 1 aromatic heterocycles. The molecule has 2 heterocycles. The third kappa shape index (κ3) is 6.21. The number of carbonyl (C=O) groups excluding carboxylic acids is 2. The number of amides is 2. The van der Waals surface area contributed by atoms with E-state index in [0.29, 0.717) is 32.4 Å². The van der Waals surface area contributed by atoms with E-state index in [4.69, 9.17) is 4.74 Å². The van der Waals surface area contributed by atoms with E-state index in [0.717, 1.165) is 17.0 Å². The maximum Gasteiger partial charge on any atom is 0.245 e. The molecule has 0 aliphatic carbocycles. The summed E-state index contributed by atoms with van der Waals surface area (Å²) in [6, 6.07) is 15.3. The molecular weight excluding hydrogens is 464 g/mol. The van der Waals surface area contributed by atoms with Gasteiger partial charge in [-0.05, 0) is 49.1 Å². The summed E-state index contributed by atoms with van der Waals surface area (Å²) in [6.07, 6.45) is 5.23. The van der Waals surface area contributed by atoms with Crippen LogP contribution in [0.15, 0.2) is 61.1 Å². The van der Waals surface area contributed by atoms with Gasteiger partial charge in [-0.15, -0.1) is 11.8 Å². The van der Waals surface area contributed by atoms with Crippen molar-refractivity contribution in [3.63, 3.8) is 0 Å². The summed E-state index contributed by atoms with van der Waals surface area (Å²) >= 11 is 0. The monoisotopic (exact) mass is 498 g/mol. The molecule has 0 saturated carbocycles. The minimum absolute atomic E-state index is 0.0717. The van der Waals surface area contributed by atoms with E-state index in [2.05, 4.69) is 46.2 Å². The average Bonchev–Trinajstić information content (AvgIpc) is 3.41. The van der Waals surface area contributed by atoms with Crippen LogP contribution in [0.5, 0.6) is 5.75 Å². The first-order valence-electron chi connectivity index (χ1n) is 12.6. The van der Waals surface area contributed by atoms with Gasteiger partial charge in [-0.25, -0.2) is 4.98 Å². The Bertz CT molecular complexity index is 1270. The number of H-pyrrole nitrogens is 1. The first-order valence-corrected chi connectivity index (χ1v) is 12.6. The van der Waals surface area contributed by atoms with Gasteiger partial charge in [0.1, 0.15) is 11.8 Å². The number of carbonyl (C=O) groups is 2. The van der Waals surface area contributed by atoms with Crippen molar-refractivity contribution in [3.05, 3.63) is 83.4 Å². The number of imidazole rings is 1. The van der Waals surface area contributed by atoms with E-state index >= 15 is 0 Å². The van der Waals surface area contributed by atoms with E-state index in [1.807, 2.05) is 48.2 Å². The summed E-state index contributed by atoms with van der Waals surface area (Å²) in [6.45, 7) is 5.10. The molecule has 192 valence electrons. The number of hydrogen-bond acceptors (Lipinski definition) is 4. The number of rotatable bonds is 10. The van der Waals surface area contributed by atoms with Crippen molar-refractivity contribution in [2.45, 2.75) is 51.0 Å². The number of nitrogens with zero attached hydrogens (tertiary/aromatic N) is 2. The minimum Gasteiger partial charge on any atom is -0.497 e. The van der Waals surface area contributed by atoms with Crippen LogP contribution in [0, 0.1) is 18.8 Å². The number of aryl methyl sites for hydroxylation is 2. The highest BCUT2D eigenvalue weighted by Crippen LogP contribution is 2.39. The van der Waals surface area contributed by atoms with E-state index < -0.39 is 6.04 Å². The summed E-state index contributed by atoms with van der Waals surface area (Å²) in [7, 11) is 1.62. The molecule has 1 fully saturated rings. The topological polar surface area (TPSA) is 87.3 Å². The number of methoxy groups -OCH3 is 1. The quantitative estimate of drug-likeness (QED) is 0.419. The van der Waals surface area contributed by atoms with Gasteiger partial charge in [0.05, 0.1) is 19.1 Å². The number of likely N-dealkylation sites (tertiary alicyclic amines) is 1. The molecule has 2 aromatic carbocycles. The molecule has 37 heavy (non-hydrogen) atoms. The van der Waals surface area contributed by atoms with Crippen LogP contribution in [0.3, 0.4) is 0 Å². The zero-order valence-corrected chi connectivity index (χ0v) is 21.7. The molecule has 0 unspecified atom stereocenters. The first kappa shape index (κ1) is 26.0. The Morgan fingerprint density at radius 3 is 2.59 bits per heavy atom. The fourth-order valence-corrected chi connectivity index (χ4v) is 5.00. The van der Waals surface area contributed by atoms with Crippen molar-refractivity contribution in [2.75, 3.05) is 20.2 Å². The number of hydrogen-bond donors (Lipinski definition) is 2. The Labute approximate surface area is 218 Å². The summed E-state index contributed by atoms with van der Waals surface area (Å²) in [4.78, 5) is 35.5. The first-order chi connectivity index (χ1) is 17.9. The molecule has 4 rings (SSSR count). The van der Waals surface area contributed by atoms with Crippen LogP contribution in [-0.2, 0) is 27.8 Å². The Balaban J connectivity index is 1.50. The Kier molecular flexibility index (Phi) is 8.29. The lowest BCUT2D eigenvalue weighted by Crippen LogP contribution is -2.65. The van der Waals surface area contributed by atoms with Gasteiger partial charge < -0.3 is 19.9 Å². The van der Waals surface area contributed by atoms with Gasteiger partial charge in [-0.1, -0.05) is 36.4 Å². The normalized spacial score (nSPS) is 14.6. The number of benzene rings is 2. The average molecular weight is 499 g/mol. The van der Waals surface area contributed by atoms with Crippen molar-refractivity contribution < 1.29 is 14.3 Å². The SMILES string of the molecule is CC#CCC1(c2ccccc2C)CN(C(=O)[C@@H](Cc2ccc(OC)cc2)NC(=O)CCc2c[nH]cn2)C1. The Morgan fingerprint density at radius 1 is 1.19 bits per heavy atom. The molecule has 3 aromatic rings. The Hall–Kier alpha value is -4.05. The predicted octanol–water partition coefficient (Wildman–Crippen LogP) is 3.58. The van der Waals surface area contributed by atoms with Crippen LogP contribution in [0.25, 0.3) is 0 Å². The van der Waals surface area contributed by atoms with Crippen LogP contribution >= 0.6 is 0 Å². The number of aromatic nitrogens is 2. The van der Waals surface area contributed by atoms with Crippen LogP contribution in [0.1, 0.15) is 42.1 Å². The molecule has 1 saturated heterocycles. The Morgan fingerprint density at radius 2 is 1.95 bits per heavy atom. The van der Waals surface area contributed by atoms with Gasteiger partial charge in [0.25, 0.3) is 0 Å². The zero-order chi connectivity index (χ0) is 26.3. The van der Waals surface area contributed by atoms with Crippen molar-refractivity contribution in [1.82, 2.24) is 20.2 Å². The standard InChI is InChI=1S/C30H34N4O3/c1-4-5-16-30(26-9-7-6-8-22(26)2)19-34(20-30)29(36)27(17-23-10-13-25(37-3)14-11-23)33-28(35)15-12-24-18-31-21-32-24/h6-11,13-14,18,21,27H,12,15-17,19-20H2,1-3H3,(H,31,32)(H,33,35)/t27-/m1/s1. The van der Waals surface area contributed by atoms with Gasteiger partial charge in [0.15, 0.2) is 0 Å². The lowest BCUT2D eigenvalue weighted by atomic mass is 9.69. The molecular formula is C30H34N4O3. The van der Waals surface area contributed by atoms with Crippen molar-refractivity contribution >= 4 is 11.8 Å². The lowest BCUT2D eigenvalue weighted by molar-refractivity contribution is -0.143. The molecule has 7 nitrogen and oxygen atoms in total. The van der Waals surface area contributed by atoms with Crippen LogP contribution < -0.4 is 10.1 Å². The van der Waals surface area contributed by atoms with Crippen molar-refractivity contribution in [1.29, 1.82) is 0 Å². The molecule has 1 atom stereocenters. The van der Waals surface area contributed by atoms with Crippen LogP contribution in [-0.4, -0.2) is 52.9 Å². The number of ether oxygens (including phenoxy) is 1. The second-order valence-corrected chi connectivity index (χ2v) is 9.63. The number of aromatic amines is 1. The second-order valence-electron chi connectivity index (χ2n) is 9.63.